The Labute approximate surface area is 174 Å². The Morgan fingerprint density at radius 2 is 1.87 bits per heavy atom. The SMILES string of the molecule is Cn1c(N2CCC(Oc3cccc4c3ccn4CC(N)=O)CC2)nc2ccccc21. The molecule has 0 bridgehead atoms. The molecule has 4 aromatic rings. The van der Waals surface area contributed by atoms with Gasteiger partial charge in [-0.1, -0.05) is 18.2 Å². The Bertz CT molecular complexity index is 1220. The molecule has 2 aromatic carbocycles. The Kier molecular flexibility index (Phi) is 4.58. The molecule has 1 aliphatic rings. The number of nitrogens with two attached hydrogens (primary N) is 1. The Morgan fingerprint density at radius 3 is 2.63 bits per heavy atom. The Balaban J connectivity index is 1.30. The zero-order valence-electron chi connectivity index (χ0n) is 17.0. The summed E-state index contributed by atoms with van der Waals surface area (Å²) >= 11 is 0. The van der Waals surface area contributed by atoms with E-state index in [4.69, 9.17) is 15.5 Å². The van der Waals surface area contributed by atoms with Crippen LogP contribution in [0.5, 0.6) is 5.75 Å². The fourth-order valence-electron chi connectivity index (χ4n) is 4.37. The van der Waals surface area contributed by atoms with Crippen LogP contribution >= 0.6 is 0 Å². The van der Waals surface area contributed by atoms with Crippen molar-refractivity contribution in [3.63, 3.8) is 0 Å². The van der Waals surface area contributed by atoms with Crippen molar-refractivity contribution >= 4 is 33.8 Å². The van der Waals surface area contributed by atoms with Gasteiger partial charge in [0.1, 0.15) is 18.4 Å². The zero-order chi connectivity index (χ0) is 20.7. The maximum Gasteiger partial charge on any atom is 0.237 e. The number of carbonyl (C=O) groups excluding carboxylic acids is 1. The number of amides is 1. The molecule has 1 fully saturated rings. The predicted molar refractivity (Wildman–Crippen MR) is 118 cm³/mol. The van der Waals surface area contributed by atoms with Crippen molar-refractivity contribution in [2.45, 2.75) is 25.5 Å². The molecule has 1 amide bonds. The van der Waals surface area contributed by atoms with E-state index in [0.717, 1.165) is 59.6 Å². The first kappa shape index (κ1) is 18.5. The number of hydrogen-bond donors (Lipinski definition) is 1. The summed E-state index contributed by atoms with van der Waals surface area (Å²) < 4.78 is 10.4. The van der Waals surface area contributed by atoms with E-state index < -0.39 is 0 Å². The molecular formula is C23H25N5O2. The first-order valence-corrected chi connectivity index (χ1v) is 10.3. The molecule has 2 aromatic heterocycles. The third-order valence-corrected chi connectivity index (χ3v) is 5.88. The second kappa shape index (κ2) is 7.40. The molecular weight excluding hydrogens is 378 g/mol. The number of imidazole rings is 1. The third kappa shape index (κ3) is 3.26. The van der Waals surface area contributed by atoms with Crippen LogP contribution in [0.1, 0.15) is 12.8 Å². The standard InChI is InChI=1S/C23H25N5O2/c1-26-20-6-3-2-5-18(20)25-23(26)27-12-9-16(10-13-27)30-21-8-4-7-19-17(21)11-14-28(19)15-22(24)29/h2-8,11,14,16H,9-10,12-13,15H2,1H3,(H2,24,29). The van der Waals surface area contributed by atoms with Crippen LogP contribution in [0.25, 0.3) is 21.9 Å². The smallest absolute Gasteiger partial charge is 0.237 e. The molecule has 0 atom stereocenters. The van der Waals surface area contributed by atoms with Crippen molar-refractivity contribution in [1.29, 1.82) is 0 Å². The number of piperidine rings is 1. The molecule has 0 spiro atoms. The van der Waals surface area contributed by atoms with Gasteiger partial charge in [0.15, 0.2) is 0 Å². The van der Waals surface area contributed by atoms with Crippen LogP contribution < -0.4 is 15.4 Å². The molecule has 30 heavy (non-hydrogen) atoms. The molecule has 3 heterocycles. The van der Waals surface area contributed by atoms with Crippen LogP contribution in [0.15, 0.2) is 54.7 Å². The van der Waals surface area contributed by atoms with E-state index in [9.17, 15) is 4.79 Å². The summed E-state index contributed by atoms with van der Waals surface area (Å²) in [5, 5.41) is 1.01. The lowest BCUT2D eigenvalue weighted by Crippen LogP contribution is -2.39. The van der Waals surface area contributed by atoms with Gasteiger partial charge < -0.3 is 24.5 Å². The van der Waals surface area contributed by atoms with Gasteiger partial charge in [-0.3, -0.25) is 4.79 Å². The van der Waals surface area contributed by atoms with Crippen LogP contribution in [0.3, 0.4) is 0 Å². The average Bonchev–Trinajstić information content (AvgIpc) is 3.31. The highest BCUT2D eigenvalue weighted by Crippen LogP contribution is 2.30. The fourth-order valence-corrected chi connectivity index (χ4v) is 4.37. The molecule has 0 unspecified atom stereocenters. The lowest BCUT2D eigenvalue weighted by Gasteiger charge is -2.33. The predicted octanol–water partition coefficient (Wildman–Crippen LogP) is 3.06. The van der Waals surface area contributed by atoms with Crippen molar-refractivity contribution in [3.05, 3.63) is 54.7 Å². The summed E-state index contributed by atoms with van der Waals surface area (Å²) in [6.45, 7) is 1.98. The summed E-state index contributed by atoms with van der Waals surface area (Å²) in [5.74, 6) is 1.52. The van der Waals surface area contributed by atoms with Gasteiger partial charge in [0, 0.05) is 44.6 Å². The summed E-state index contributed by atoms with van der Waals surface area (Å²) in [7, 11) is 2.07. The van der Waals surface area contributed by atoms with Crippen LogP contribution in [0.2, 0.25) is 0 Å². The Morgan fingerprint density at radius 1 is 1.10 bits per heavy atom. The molecule has 154 valence electrons. The highest BCUT2D eigenvalue weighted by atomic mass is 16.5. The second-order valence-electron chi connectivity index (χ2n) is 7.86. The summed E-state index contributed by atoms with van der Waals surface area (Å²) in [5.41, 5.74) is 8.50. The topological polar surface area (TPSA) is 78.3 Å². The monoisotopic (exact) mass is 403 g/mol. The number of aromatic nitrogens is 3. The number of ether oxygens (including phenoxy) is 1. The molecule has 0 radical (unpaired) electrons. The van der Waals surface area contributed by atoms with E-state index in [1.807, 2.05) is 47.2 Å². The van der Waals surface area contributed by atoms with E-state index in [1.165, 1.54) is 0 Å². The number of fused-ring (bicyclic) bond motifs is 2. The molecule has 1 aliphatic heterocycles. The van der Waals surface area contributed by atoms with Crippen molar-refractivity contribution in [2.24, 2.45) is 12.8 Å². The van der Waals surface area contributed by atoms with Crippen LogP contribution in [0.4, 0.5) is 5.95 Å². The van der Waals surface area contributed by atoms with E-state index in [0.29, 0.717) is 0 Å². The zero-order valence-corrected chi connectivity index (χ0v) is 17.0. The lowest BCUT2D eigenvalue weighted by molar-refractivity contribution is -0.118. The van der Waals surface area contributed by atoms with E-state index in [-0.39, 0.29) is 18.6 Å². The summed E-state index contributed by atoms with van der Waals surface area (Å²) in [4.78, 5) is 18.5. The van der Waals surface area contributed by atoms with Crippen molar-refractivity contribution in [1.82, 2.24) is 14.1 Å². The average molecular weight is 403 g/mol. The van der Waals surface area contributed by atoms with Crippen LogP contribution in [-0.4, -0.2) is 39.2 Å². The third-order valence-electron chi connectivity index (χ3n) is 5.88. The van der Waals surface area contributed by atoms with Gasteiger partial charge in [0.05, 0.1) is 16.6 Å². The summed E-state index contributed by atoms with van der Waals surface area (Å²) in [6, 6.07) is 16.2. The van der Waals surface area contributed by atoms with E-state index in [1.54, 1.807) is 0 Å². The first-order valence-electron chi connectivity index (χ1n) is 10.3. The second-order valence-corrected chi connectivity index (χ2v) is 7.86. The number of nitrogens with zero attached hydrogens (tertiary/aromatic N) is 4. The maximum atomic E-state index is 11.3. The number of carbonyl (C=O) groups is 1. The highest BCUT2D eigenvalue weighted by Gasteiger charge is 2.24. The van der Waals surface area contributed by atoms with Crippen LogP contribution in [0, 0.1) is 0 Å². The largest absolute Gasteiger partial charge is 0.490 e. The van der Waals surface area contributed by atoms with Gasteiger partial charge in [-0.2, -0.15) is 0 Å². The molecule has 0 saturated carbocycles. The van der Waals surface area contributed by atoms with Gasteiger partial charge in [0.2, 0.25) is 11.9 Å². The molecule has 5 rings (SSSR count). The number of primary amides is 1. The molecule has 7 heteroatoms. The normalized spacial score (nSPS) is 15.2. The van der Waals surface area contributed by atoms with Crippen LogP contribution in [-0.2, 0) is 18.4 Å². The summed E-state index contributed by atoms with van der Waals surface area (Å²) in [6.07, 6.45) is 3.90. The number of para-hydroxylation sites is 2. The molecule has 2 N–H and O–H groups in total. The molecule has 7 nitrogen and oxygen atoms in total. The first-order chi connectivity index (χ1) is 14.6. The minimum absolute atomic E-state index is 0.154. The lowest BCUT2D eigenvalue weighted by atomic mass is 10.1. The van der Waals surface area contributed by atoms with E-state index >= 15 is 0 Å². The van der Waals surface area contributed by atoms with E-state index in [2.05, 4.69) is 28.6 Å². The van der Waals surface area contributed by atoms with Gasteiger partial charge in [-0.25, -0.2) is 4.98 Å². The number of rotatable bonds is 5. The molecule has 1 saturated heterocycles. The highest BCUT2D eigenvalue weighted by molar-refractivity contribution is 5.88. The Hall–Kier alpha value is -3.48. The number of benzene rings is 2. The van der Waals surface area contributed by atoms with Crippen molar-refractivity contribution < 1.29 is 9.53 Å². The number of aryl methyl sites for hydroxylation is 1. The van der Waals surface area contributed by atoms with Crippen molar-refractivity contribution in [2.75, 3.05) is 18.0 Å². The number of anilines is 1. The van der Waals surface area contributed by atoms with Gasteiger partial charge in [-0.15, -0.1) is 0 Å². The fraction of sp³-hybridized carbons (Fsp3) is 0.304. The number of hydrogen-bond acceptors (Lipinski definition) is 4. The van der Waals surface area contributed by atoms with Gasteiger partial charge >= 0.3 is 0 Å². The van der Waals surface area contributed by atoms with Crippen molar-refractivity contribution in [3.8, 4) is 5.75 Å². The van der Waals surface area contributed by atoms with Gasteiger partial charge in [-0.05, 0) is 30.3 Å². The van der Waals surface area contributed by atoms with Gasteiger partial charge in [0.25, 0.3) is 0 Å². The quantitative estimate of drug-likeness (QED) is 0.556. The minimum atomic E-state index is -0.354. The maximum absolute atomic E-state index is 11.3. The molecule has 0 aliphatic carbocycles. The minimum Gasteiger partial charge on any atom is -0.490 e.